The molecule has 5 N–H and O–H groups in total. The summed E-state index contributed by atoms with van der Waals surface area (Å²) in [6.07, 6.45) is 8.93. The van der Waals surface area contributed by atoms with E-state index in [0.717, 1.165) is 24.7 Å². The molecule has 42 heavy (non-hydrogen) atoms. The minimum absolute atomic E-state index is 0.0234. The molecule has 4 aliphatic rings. The van der Waals surface area contributed by atoms with Crippen molar-refractivity contribution in [3.8, 4) is 0 Å². The molecule has 0 aliphatic heterocycles. The number of anilines is 1. The number of carbonyl (C=O) groups excluding carboxylic acids is 5. The van der Waals surface area contributed by atoms with E-state index >= 15 is 0 Å². The Labute approximate surface area is 246 Å². The van der Waals surface area contributed by atoms with Gasteiger partial charge < -0.3 is 31.2 Å². The van der Waals surface area contributed by atoms with Gasteiger partial charge in [0.05, 0.1) is 6.54 Å². The molecule has 0 radical (unpaired) electrons. The standard InChI is InChI=1S/C30H44N6O6/c1-3-4-9-32-16-25(38)33-22(7-8-24(37)29(41)31-2)28(40)34-23-6-5-10-36(30(23)42)17-26(39)35-27-20-12-18-11-19(14-20)15-21(27)13-18/h5-6,10,18-22,27,32H,3-4,7-9,11-17H2,1-2H3,(H,31,41)(H,33,38)(H,34,40)(H,35,39)/t18?,19?,20?,21?,22-,27?/m0/s1. The first-order valence-corrected chi connectivity index (χ1v) is 15.2. The van der Waals surface area contributed by atoms with Gasteiger partial charge in [-0.2, -0.15) is 0 Å². The van der Waals surface area contributed by atoms with Crippen LogP contribution >= 0.6 is 0 Å². The minimum atomic E-state index is -1.16. The van der Waals surface area contributed by atoms with Gasteiger partial charge >= 0.3 is 0 Å². The molecular weight excluding hydrogens is 540 g/mol. The van der Waals surface area contributed by atoms with Gasteiger partial charge in [0.1, 0.15) is 18.3 Å². The fourth-order valence-electron chi connectivity index (χ4n) is 7.07. The van der Waals surface area contributed by atoms with Crippen LogP contribution < -0.4 is 32.1 Å². The first-order valence-electron chi connectivity index (χ1n) is 15.2. The van der Waals surface area contributed by atoms with E-state index in [4.69, 9.17) is 0 Å². The maximum atomic E-state index is 13.2. The quantitative estimate of drug-likeness (QED) is 0.149. The molecule has 4 amide bonds. The third kappa shape index (κ3) is 8.05. The van der Waals surface area contributed by atoms with Gasteiger partial charge in [-0.25, -0.2) is 0 Å². The van der Waals surface area contributed by atoms with Crippen molar-refractivity contribution in [3.05, 3.63) is 28.7 Å². The van der Waals surface area contributed by atoms with E-state index in [9.17, 15) is 28.8 Å². The SMILES string of the molecule is CCCCNCC(=O)N[C@@H](CCC(=O)C(=O)NC)C(=O)Nc1cccn(CC(=O)NC2C3CC4CC(C3)CC2C4)c1=O. The number of amides is 4. The van der Waals surface area contributed by atoms with Gasteiger partial charge in [-0.05, 0) is 87.3 Å². The highest BCUT2D eigenvalue weighted by Crippen LogP contribution is 2.53. The average molecular weight is 585 g/mol. The minimum Gasteiger partial charge on any atom is -0.353 e. The van der Waals surface area contributed by atoms with Crippen molar-refractivity contribution in [3.63, 3.8) is 0 Å². The molecular formula is C30H44N6O6. The van der Waals surface area contributed by atoms with Crippen LogP contribution in [0.5, 0.6) is 0 Å². The lowest BCUT2D eigenvalue weighted by molar-refractivity contribution is -0.137. The number of aromatic nitrogens is 1. The third-order valence-electron chi connectivity index (χ3n) is 8.93. The molecule has 0 unspecified atom stereocenters. The normalized spacial score (nSPS) is 24.5. The molecule has 0 spiro atoms. The van der Waals surface area contributed by atoms with E-state index in [2.05, 4.69) is 26.6 Å². The number of nitrogens with zero attached hydrogens (tertiary/aromatic N) is 1. The average Bonchev–Trinajstić information content (AvgIpc) is 2.96. The topological polar surface area (TPSA) is 168 Å². The summed E-state index contributed by atoms with van der Waals surface area (Å²) in [6.45, 7) is 2.47. The van der Waals surface area contributed by atoms with Crippen LogP contribution in [0, 0.1) is 23.7 Å². The fraction of sp³-hybridized carbons (Fsp3) is 0.667. The van der Waals surface area contributed by atoms with E-state index in [1.54, 1.807) is 6.07 Å². The van der Waals surface area contributed by atoms with Crippen molar-refractivity contribution in [2.24, 2.45) is 23.7 Å². The van der Waals surface area contributed by atoms with Crippen LogP contribution in [0.3, 0.4) is 0 Å². The molecule has 1 aromatic rings. The van der Waals surface area contributed by atoms with Gasteiger partial charge in [0, 0.05) is 25.7 Å². The number of hydrogen-bond acceptors (Lipinski definition) is 7. The molecule has 0 saturated heterocycles. The van der Waals surface area contributed by atoms with Crippen molar-refractivity contribution < 1.29 is 24.0 Å². The lowest BCUT2D eigenvalue weighted by Crippen LogP contribution is -2.56. The highest BCUT2D eigenvalue weighted by molar-refractivity contribution is 6.36. The summed E-state index contributed by atoms with van der Waals surface area (Å²) in [6, 6.07) is 1.98. The number of unbranched alkanes of at least 4 members (excludes halogenated alkanes) is 1. The maximum absolute atomic E-state index is 13.2. The van der Waals surface area contributed by atoms with Crippen LogP contribution in [-0.4, -0.2) is 66.2 Å². The first kappa shape index (κ1) is 31.4. The van der Waals surface area contributed by atoms with Gasteiger partial charge in [0.25, 0.3) is 11.5 Å². The number of likely N-dealkylation sites (N-methyl/N-ethyl adjacent to an activating group) is 1. The summed E-state index contributed by atoms with van der Waals surface area (Å²) in [7, 11) is 1.33. The number of pyridine rings is 1. The lowest BCUT2D eigenvalue weighted by Gasteiger charge is -2.54. The van der Waals surface area contributed by atoms with Gasteiger partial charge in [-0.1, -0.05) is 13.3 Å². The molecule has 1 heterocycles. The highest BCUT2D eigenvalue weighted by Gasteiger charge is 2.48. The fourth-order valence-corrected chi connectivity index (χ4v) is 7.07. The number of rotatable bonds is 15. The zero-order valence-corrected chi connectivity index (χ0v) is 24.6. The Bertz CT molecular complexity index is 1200. The smallest absolute Gasteiger partial charge is 0.287 e. The molecule has 4 fully saturated rings. The maximum Gasteiger partial charge on any atom is 0.287 e. The second-order valence-electron chi connectivity index (χ2n) is 12.1. The monoisotopic (exact) mass is 584 g/mol. The van der Waals surface area contributed by atoms with Crippen molar-refractivity contribution >= 4 is 35.1 Å². The predicted octanol–water partition coefficient (Wildman–Crippen LogP) is 0.698. The molecule has 230 valence electrons. The van der Waals surface area contributed by atoms with Gasteiger partial charge in [0.2, 0.25) is 23.5 Å². The Balaban J connectivity index is 1.37. The Kier molecular flexibility index (Phi) is 10.9. The van der Waals surface area contributed by atoms with Gasteiger partial charge in [0.15, 0.2) is 0 Å². The number of carbonyl (C=O) groups is 5. The Morgan fingerprint density at radius 1 is 1.00 bits per heavy atom. The largest absolute Gasteiger partial charge is 0.353 e. The van der Waals surface area contributed by atoms with E-state index in [1.807, 2.05) is 6.92 Å². The third-order valence-corrected chi connectivity index (χ3v) is 8.93. The van der Waals surface area contributed by atoms with Crippen LogP contribution in [0.2, 0.25) is 0 Å². The van der Waals surface area contributed by atoms with E-state index in [-0.39, 0.29) is 43.6 Å². The predicted molar refractivity (Wildman–Crippen MR) is 156 cm³/mol. The van der Waals surface area contributed by atoms with Gasteiger partial charge in [-0.3, -0.25) is 28.8 Å². The van der Waals surface area contributed by atoms with Crippen molar-refractivity contribution in [2.45, 2.75) is 83.3 Å². The molecule has 12 heteroatoms. The molecule has 0 aromatic carbocycles. The van der Waals surface area contributed by atoms with Crippen LogP contribution in [0.15, 0.2) is 23.1 Å². The summed E-state index contributed by atoms with van der Waals surface area (Å²) in [5.41, 5.74) is -0.610. The van der Waals surface area contributed by atoms with E-state index in [1.165, 1.54) is 56.0 Å². The Morgan fingerprint density at radius 2 is 1.69 bits per heavy atom. The van der Waals surface area contributed by atoms with Crippen molar-refractivity contribution in [2.75, 3.05) is 25.5 Å². The summed E-state index contributed by atoms with van der Waals surface area (Å²) >= 11 is 0. The summed E-state index contributed by atoms with van der Waals surface area (Å²) in [5, 5.41) is 13.6. The second-order valence-corrected chi connectivity index (χ2v) is 12.1. The number of nitrogens with one attached hydrogen (secondary N) is 5. The Hall–Kier alpha value is -3.54. The molecule has 4 saturated carbocycles. The zero-order valence-electron chi connectivity index (χ0n) is 24.6. The highest BCUT2D eigenvalue weighted by atomic mass is 16.2. The lowest BCUT2D eigenvalue weighted by atomic mass is 9.54. The van der Waals surface area contributed by atoms with Gasteiger partial charge in [-0.15, -0.1) is 0 Å². The van der Waals surface area contributed by atoms with Crippen LogP contribution in [0.25, 0.3) is 0 Å². The summed E-state index contributed by atoms with van der Waals surface area (Å²) < 4.78 is 1.25. The molecule has 4 bridgehead atoms. The Morgan fingerprint density at radius 3 is 2.33 bits per heavy atom. The first-order chi connectivity index (χ1) is 20.2. The molecule has 1 atom stereocenters. The molecule has 12 nitrogen and oxygen atoms in total. The van der Waals surface area contributed by atoms with Crippen LogP contribution in [0.1, 0.15) is 64.7 Å². The second kappa shape index (κ2) is 14.6. The zero-order chi connectivity index (χ0) is 30.2. The van der Waals surface area contributed by atoms with E-state index < -0.39 is 35.1 Å². The number of hydrogen-bond donors (Lipinski definition) is 5. The van der Waals surface area contributed by atoms with Crippen molar-refractivity contribution in [1.29, 1.82) is 0 Å². The van der Waals surface area contributed by atoms with Crippen LogP contribution in [-0.2, 0) is 30.5 Å². The number of ketones is 1. The van der Waals surface area contributed by atoms with Crippen LogP contribution in [0.4, 0.5) is 5.69 Å². The summed E-state index contributed by atoms with van der Waals surface area (Å²) in [4.78, 5) is 75.5. The molecule has 1 aromatic heterocycles. The number of Topliss-reactive ketones (excluding diaryl/α,β-unsaturated/α-hetero) is 1. The molecule has 4 aliphatic carbocycles. The van der Waals surface area contributed by atoms with E-state index in [0.29, 0.717) is 18.4 Å². The molecule has 5 rings (SSSR count). The summed E-state index contributed by atoms with van der Waals surface area (Å²) in [5.74, 6) is -0.301. The van der Waals surface area contributed by atoms with Crippen molar-refractivity contribution in [1.82, 2.24) is 25.8 Å².